The van der Waals surface area contributed by atoms with Crippen molar-refractivity contribution in [3.63, 3.8) is 0 Å². The Morgan fingerprint density at radius 1 is 1.04 bits per heavy atom. The lowest BCUT2D eigenvalue weighted by Gasteiger charge is -2.33. The molecule has 1 amide bonds. The maximum absolute atomic E-state index is 12.0. The summed E-state index contributed by atoms with van der Waals surface area (Å²) in [5, 5.41) is 1.19. The molecule has 5 rings (SSSR count). The van der Waals surface area contributed by atoms with Crippen LogP contribution in [0.4, 0.5) is 16.2 Å². The topological polar surface area (TPSA) is 45.7 Å². The molecule has 3 aromatic rings. The van der Waals surface area contributed by atoms with Crippen molar-refractivity contribution in [3.8, 4) is 0 Å². The van der Waals surface area contributed by atoms with Crippen LogP contribution < -0.4 is 9.80 Å². The van der Waals surface area contributed by atoms with Crippen molar-refractivity contribution in [2.45, 2.75) is 19.9 Å². The monoisotopic (exact) mass is 359 g/mol. The molecule has 1 fully saturated rings. The molecule has 1 saturated heterocycles. The van der Waals surface area contributed by atoms with E-state index in [1.165, 1.54) is 27.8 Å². The lowest BCUT2D eigenvalue weighted by Crippen LogP contribution is -2.33. The van der Waals surface area contributed by atoms with Crippen molar-refractivity contribution in [1.82, 2.24) is 4.98 Å². The highest BCUT2D eigenvalue weighted by Gasteiger charge is 2.28. The highest BCUT2D eigenvalue weighted by molar-refractivity contribution is 5.94. The number of anilines is 2. The fraction of sp³-hybridized carbons (Fsp3) is 0.273. The van der Waals surface area contributed by atoms with Gasteiger partial charge < -0.3 is 9.64 Å². The minimum atomic E-state index is -0.235. The van der Waals surface area contributed by atoms with Crippen LogP contribution in [0.5, 0.6) is 0 Å². The van der Waals surface area contributed by atoms with Crippen molar-refractivity contribution in [2.24, 2.45) is 0 Å². The number of benzene rings is 2. The largest absolute Gasteiger partial charge is 0.447 e. The standard InChI is InChI=1S/C22H21N3O2/c1-15-4-2-6-18-19(8-10-23-21(15)18)24-11-9-17-16(14-24)5-3-7-20(17)25-12-13-27-22(25)26/h2-8,10H,9,11-14H2,1H3. The van der Waals surface area contributed by atoms with Gasteiger partial charge in [0, 0.05) is 30.4 Å². The molecule has 0 unspecified atom stereocenters. The third-order valence-electron chi connectivity index (χ3n) is 5.58. The highest BCUT2D eigenvalue weighted by atomic mass is 16.6. The average molecular weight is 359 g/mol. The molecule has 0 bridgehead atoms. The summed E-state index contributed by atoms with van der Waals surface area (Å²) in [7, 11) is 0. The Bertz CT molecular complexity index is 1050. The summed E-state index contributed by atoms with van der Waals surface area (Å²) in [5.41, 5.74) is 7.03. The maximum Gasteiger partial charge on any atom is 0.414 e. The first-order chi connectivity index (χ1) is 13.2. The maximum atomic E-state index is 12.0. The molecule has 136 valence electrons. The summed E-state index contributed by atoms with van der Waals surface area (Å²) in [6.07, 6.45) is 2.57. The van der Waals surface area contributed by atoms with Gasteiger partial charge >= 0.3 is 6.09 Å². The predicted octanol–water partition coefficient (Wildman–Crippen LogP) is 4.06. The lowest BCUT2D eigenvalue weighted by molar-refractivity contribution is 0.181. The summed E-state index contributed by atoms with van der Waals surface area (Å²) in [5.74, 6) is 0. The van der Waals surface area contributed by atoms with Crippen molar-refractivity contribution < 1.29 is 9.53 Å². The number of hydrogen-bond donors (Lipinski definition) is 0. The van der Waals surface area contributed by atoms with Crippen LogP contribution in [0.25, 0.3) is 10.9 Å². The average Bonchev–Trinajstić information content (AvgIpc) is 3.13. The van der Waals surface area contributed by atoms with Crippen molar-refractivity contribution >= 4 is 28.4 Å². The molecular weight excluding hydrogens is 338 g/mol. The van der Waals surface area contributed by atoms with Crippen LogP contribution >= 0.6 is 0 Å². The number of carbonyl (C=O) groups is 1. The molecule has 27 heavy (non-hydrogen) atoms. The molecule has 0 N–H and O–H groups in total. The van der Waals surface area contributed by atoms with Gasteiger partial charge in [0.15, 0.2) is 0 Å². The minimum Gasteiger partial charge on any atom is -0.447 e. The number of hydrogen-bond acceptors (Lipinski definition) is 4. The molecule has 0 saturated carbocycles. The van der Waals surface area contributed by atoms with Crippen LogP contribution in [0.3, 0.4) is 0 Å². The van der Waals surface area contributed by atoms with Crippen LogP contribution in [-0.2, 0) is 17.7 Å². The van der Waals surface area contributed by atoms with Crippen LogP contribution in [-0.4, -0.2) is 30.8 Å². The number of aromatic nitrogens is 1. The molecule has 5 nitrogen and oxygen atoms in total. The van der Waals surface area contributed by atoms with Gasteiger partial charge in [-0.3, -0.25) is 9.88 Å². The predicted molar refractivity (Wildman–Crippen MR) is 106 cm³/mol. The smallest absolute Gasteiger partial charge is 0.414 e. The summed E-state index contributed by atoms with van der Waals surface area (Å²) in [4.78, 5) is 20.8. The Morgan fingerprint density at radius 3 is 2.78 bits per heavy atom. The van der Waals surface area contributed by atoms with Crippen molar-refractivity contribution in [3.05, 3.63) is 65.4 Å². The van der Waals surface area contributed by atoms with E-state index in [1.807, 2.05) is 18.3 Å². The second-order valence-electron chi connectivity index (χ2n) is 7.15. The van der Waals surface area contributed by atoms with E-state index in [0.29, 0.717) is 13.2 Å². The molecule has 0 atom stereocenters. The molecule has 2 aliphatic heterocycles. The number of ether oxygens (including phenoxy) is 1. The van der Waals surface area contributed by atoms with Gasteiger partial charge in [-0.05, 0) is 42.2 Å². The Labute approximate surface area is 158 Å². The zero-order valence-corrected chi connectivity index (χ0v) is 15.3. The summed E-state index contributed by atoms with van der Waals surface area (Å²) in [6, 6.07) is 14.7. The van der Waals surface area contributed by atoms with E-state index in [0.717, 1.165) is 30.7 Å². The van der Waals surface area contributed by atoms with Gasteiger partial charge in [-0.1, -0.05) is 30.3 Å². The number of cyclic esters (lactones) is 1. The van der Waals surface area contributed by atoms with Crippen LogP contribution in [0, 0.1) is 6.92 Å². The number of para-hydroxylation sites is 1. The second-order valence-corrected chi connectivity index (χ2v) is 7.15. The molecule has 0 spiro atoms. The van der Waals surface area contributed by atoms with Crippen molar-refractivity contribution in [2.75, 3.05) is 29.5 Å². The summed E-state index contributed by atoms with van der Waals surface area (Å²) >= 11 is 0. The Morgan fingerprint density at radius 2 is 1.93 bits per heavy atom. The quantitative estimate of drug-likeness (QED) is 0.692. The van der Waals surface area contributed by atoms with Crippen molar-refractivity contribution in [1.29, 1.82) is 0 Å². The van der Waals surface area contributed by atoms with Gasteiger partial charge in [-0.2, -0.15) is 0 Å². The van der Waals surface area contributed by atoms with Crippen LogP contribution in [0.2, 0.25) is 0 Å². The Hall–Kier alpha value is -3.08. The van der Waals surface area contributed by atoms with Gasteiger partial charge in [0.25, 0.3) is 0 Å². The zero-order valence-electron chi connectivity index (χ0n) is 15.3. The fourth-order valence-electron chi connectivity index (χ4n) is 4.25. The molecule has 5 heteroatoms. The van der Waals surface area contributed by atoms with Gasteiger partial charge in [0.2, 0.25) is 0 Å². The Kier molecular flexibility index (Phi) is 3.74. The fourth-order valence-corrected chi connectivity index (χ4v) is 4.25. The molecular formula is C22H21N3O2. The lowest BCUT2D eigenvalue weighted by atomic mass is 9.96. The number of aryl methyl sites for hydroxylation is 1. The van der Waals surface area contributed by atoms with E-state index in [-0.39, 0.29) is 6.09 Å². The van der Waals surface area contributed by atoms with E-state index in [4.69, 9.17) is 4.74 Å². The molecule has 2 aliphatic rings. The number of carbonyl (C=O) groups excluding carboxylic acids is 1. The molecule has 0 radical (unpaired) electrons. The van der Waals surface area contributed by atoms with Gasteiger partial charge in [-0.15, -0.1) is 0 Å². The number of fused-ring (bicyclic) bond motifs is 2. The van der Waals surface area contributed by atoms with E-state index in [9.17, 15) is 4.79 Å². The van der Waals surface area contributed by atoms with Crippen LogP contribution in [0.15, 0.2) is 48.7 Å². The SMILES string of the molecule is Cc1cccc2c(N3CCc4c(cccc4N4CCOC4=O)C3)ccnc12. The first kappa shape index (κ1) is 16.1. The molecule has 0 aliphatic carbocycles. The molecule has 3 heterocycles. The van der Waals surface area contributed by atoms with E-state index >= 15 is 0 Å². The van der Waals surface area contributed by atoms with E-state index < -0.39 is 0 Å². The van der Waals surface area contributed by atoms with Crippen LogP contribution in [0.1, 0.15) is 16.7 Å². The van der Waals surface area contributed by atoms with Gasteiger partial charge in [0.05, 0.1) is 17.7 Å². The number of amides is 1. The minimum absolute atomic E-state index is 0.235. The summed E-state index contributed by atoms with van der Waals surface area (Å²) < 4.78 is 5.13. The first-order valence-corrected chi connectivity index (χ1v) is 9.37. The zero-order chi connectivity index (χ0) is 18.4. The number of nitrogens with zero attached hydrogens (tertiary/aromatic N) is 3. The second kappa shape index (κ2) is 6.27. The number of rotatable bonds is 2. The van der Waals surface area contributed by atoms with E-state index in [2.05, 4.69) is 47.1 Å². The molecule has 1 aromatic heterocycles. The number of pyridine rings is 1. The normalized spacial score (nSPS) is 16.6. The van der Waals surface area contributed by atoms with E-state index in [1.54, 1.807) is 4.90 Å². The van der Waals surface area contributed by atoms with Gasteiger partial charge in [0.1, 0.15) is 6.61 Å². The Balaban J connectivity index is 1.53. The third kappa shape index (κ3) is 2.62. The van der Waals surface area contributed by atoms with Gasteiger partial charge in [-0.25, -0.2) is 4.79 Å². The summed E-state index contributed by atoms with van der Waals surface area (Å²) in [6.45, 7) is 4.95. The third-order valence-corrected chi connectivity index (χ3v) is 5.58. The first-order valence-electron chi connectivity index (χ1n) is 9.37. The highest BCUT2D eigenvalue weighted by Crippen LogP contribution is 2.35. The molecule has 2 aromatic carbocycles.